The molecule has 1 N–H and O–H groups in total. The monoisotopic (exact) mass is 246 g/mol. The summed E-state index contributed by atoms with van der Waals surface area (Å²) in [5.41, 5.74) is 0.598. The Balaban J connectivity index is 2.37. The molecule has 0 heterocycles. The number of hydrogen-bond acceptors (Lipinski definition) is 4. The second-order valence-electron chi connectivity index (χ2n) is 3.63. The summed E-state index contributed by atoms with van der Waals surface area (Å²) in [4.78, 5) is 22.3. The molecule has 0 atom stereocenters. The number of rotatable bonds is 6. The van der Waals surface area contributed by atoms with Gasteiger partial charge in [-0.3, -0.25) is 9.59 Å². The fourth-order valence-electron chi connectivity index (χ4n) is 1.24. The molecule has 0 radical (unpaired) electrons. The van der Waals surface area contributed by atoms with Gasteiger partial charge in [0.15, 0.2) is 12.4 Å². The molecule has 0 fully saturated rings. The fourth-order valence-corrected chi connectivity index (χ4v) is 1.24. The van der Waals surface area contributed by atoms with Crippen molar-refractivity contribution in [2.24, 2.45) is 0 Å². The maximum absolute atomic E-state index is 11.3. The highest BCUT2D eigenvalue weighted by Crippen LogP contribution is 2.12. The predicted molar refractivity (Wildman–Crippen MR) is 65.2 cm³/mol. The number of Topliss-reactive ketones (excluding diaryl/α,β-unsaturated/α-hetero) is 1. The minimum Gasteiger partial charge on any atom is -0.484 e. The van der Waals surface area contributed by atoms with Crippen LogP contribution < -0.4 is 10.1 Å². The van der Waals surface area contributed by atoms with Crippen molar-refractivity contribution >= 4 is 11.7 Å². The highest BCUT2D eigenvalue weighted by Gasteiger charge is 2.03. The lowest BCUT2D eigenvalue weighted by molar-refractivity contribution is -0.123. The first-order chi connectivity index (χ1) is 8.63. The van der Waals surface area contributed by atoms with Crippen LogP contribution >= 0.6 is 0 Å². The molecule has 0 saturated heterocycles. The third kappa shape index (κ3) is 4.66. The molecule has 1 aromatic carbocycles. The smallest absolute Gasteiger partial charge is 0.257 e. The van der Waals surface area contributed by atoms with Crippen molar-refractivity contribution in [3.05, 3.63) is 29.8 Å². The number of nitrogens with zero attached hydrogens (tertiary/aromatic N) is 1. The zero-order valence-corrected chi connectivity index (χ0v) is 10.1. The molecule has 0 spiro atoms. The summed E-state index contributed by atoms with van der Waals surface area (Å²) >= 11 is 0. The van der Waals surface area contributed by atoms with Gasteiger partial charge in [-0.2, -0.15) is 5.26 Å². The summed E-state index contributed by atoms with van der Waals surface area (Å²) < 4.78 is 5.23. The summed E-state index contributed by atoms with van der Waals surface area (Å²) in [5.74, 6) is 0.229. The Bertz CT molecular complexity index is 460. The van der Waals surface area contributed by atoms with Gasteiger partial charge in [0.1, 0.15) is 5.75 Å². The molecule has 18 heavy (non-hydrogen) atoms. The molecule has 0 aliphatic carbocycles. The van der Waals surface area contributed by atoms with Crippen molar-refractivity contribution in [1.82, 2.24) is 5.32 Å². The lowest BCUT2D eigenvalue weighted by Crippen LogP contribution is -2.29. The number of hydrogen-bond donors (Lipinski definition) is 1. The van der Waals surface area contributed by atoms with E-state index >= 15 is 0 Å². The first-order valence-electron chi connectivity index (χ1n) is 5.51. The Kier molecular flexibility index (Phi) is 5.39. The van der Waals surface area contributed by atoms with Crippen LogP contribution in [0.15, 0.2) is 24.3 Å². The third-order valence-electron chi connectivity index (χ3n) is 2.19. The van der Waals surface area contributed by atoms with Gasteiger partial charge in [0.2, 0.25) is 0 Å². The summed E-state index contributed by atoms with van der Waals surface area (Å²) in [6, 6.07) is 8.49. The van der Waals surface area contributed by atoms with E-state index in [0.29, 0.717) is 17.9 Å². The summed E-state index contributed by atoms with van der Waals surface area (Å²) in [6.45, 7) is 1.70. The number of carbonyl (C=O) groups excluding carboxylic acids is 2. The molecule has 94 valence electrons. The van der Waals surface area contributed by atoms with Gasteiger partial charge in [-0.15, -0.1) is 0 Å². The minimum absolute atomic E-state index is 0.0178. The maximum atomic E-state index is 11.3. The molecular formula is C13H14N2O3. The van der Waals surface area contributed by atoms with E-state index in [1.54, 1.807) is 24.3 Å². The van der Waals surface area contributed by atoms with E-state index < -0.39 is 0 Å². The van der Waals surface area contributed by atoms with E-state index in [4.69, 9.17) is 10.00 Å². The molecule has 0 aliphatic heterocycles. The maximum Gasteiger partial charge on any atom is 0.257 e. The average molecular weight is 246 g/mol. The Morgan fingerprint density at radius 2 is 2.00 bits per heavy atom. The van der Waals surface area contributed by atoms with Crippen LogP contribution in [0.3, 0.4) is 0 Å². The lowest BCUT2D eigenvalue weighted by Gasteiger charge is -2.06. The van der Waals surface area contributed by atoms with Gasteiger partial charge >= 0.3 is 0 Å². The first kappa shape index (κ1) is 13.7. The van der Waals surface area contributed by atoms with Gasteiger partial charge in [-0.1, -0.05) is 0 Å². The zero-order chi connectivity index (χ0) is 13.4. The van der Waals surface area contributed by atoms with Crippen LogP contribution in [0.2, 0.25) is 0 Å². The van der Waals surface area contributed by atoms with Gasteiger partial charge in [-0.05, 0) is 31.2 Å². The van der Waals surface area contributed by atoms with Crippen LogP contribution in [0.5, 0.6) is 5.75 Å². The van der Waals surface area contributed by atoms with Crippen molar-refractivity contribution in [3.63, 3.8) is 0 Å². The van der Waals surface area contributed by atoms with Gasteiger partial charge in [0.05, 0.1) is 12.5 Å². The van der Waals surface area contributed by atoms with Crippen molar-refractivity contribution < 1.29 is 14.3 Å². The van der Waals surface area contributed by atoms with Gasteiger partial charge in [0, 0.05) is 12.1 Å². The third-order valence-corrected chi connectivity index (χ3v) is 2.19. The predicted octanol–water partition coefficient (Wildman–Crippen LogP) is 1.30. The highest BCUT2D eigenvalue weighted by atomic mass is 16.5. The molecule has 0 unspecified atom stereocenters. The van der Waals surface area contributed by atoms with Gasteiger partial charge in [0.25, 0.3) is 5.91 Å². The van der Waals surface area contributed by atoms with Crippen LogP contribution in [0.4, 0.5) is 0 Å². The van der Waals surface area contributed by atoms with Crippen LogP contribution in [0.1, 0.15) is 23.7 Å². The summed E-state index contributed by atoms with van der Waals surface area (Å²) in [7, 11) is 0. The molecule has 0 aromatic heterocycles. The number of ether oxygens (including phenoxy) is 1. The Labute approximate surface area is 105 Å². The van der Waals surface area contributed by atoms with Crippen LogP contribution in [-0.4, -0.2) is 24.8 Å². The SMILES string of the molecule is CC(=O)c1ccc(OCC(=O)NCCC#N)cc1. The number of carbonyl (C=O) groups is 2. The average Bonchev–Trinajstić information content (AvgIpc) is 2.37. The number of nitriles is 1. The van der Waals surface area contributed by atoms with E-state index in [1.807, 2.05) is 6.07 Å². The number of nitrogens with one attached hydrogen (secondary N) is 1. The minimum atomic E-state index is -0.277. The standard InChI is InChI=1S/C13H14N2O3/c1-10(16)11-3-5-12(6-4-11)18-9-13(17)15-8-2-7-14/h3-6H,2,8-9H2,1H3,(H,15,17). The molecule has 0 aliphatic rings. The molecule has 1 aromatic rings. The second kappa shape index (κ2) is 7.07. The number of benzene rings is 1. The summed E-state index contributed by atoms with van der Waals surface area (Å²) in [5, 5.41) is 10.8. The quantitative estimate of drug-likeness (QED) is 0.606. The molecule has 5 nitrogen and oxygen atoms in total. The first-order valence-corrected chi connectivity index (χ1v) is 5.51. The number of amides is 1. The van der Waals surface area contributed by atoms with E-state index in [0.717, 1.165) is 0 Å². The lowest BCUT2D eigenvalue weighted by atomic mass is 10.1. The van der Waals surface area contributed by atoms with Crippen molar-refractivity contribution in [1.29, 1.82) is 5.26 Å². The second-order valence-corrected chi connectivity index (χ2v) is 3.63. The Morgan fingerprint density at radius 1 is 1.33 bits per heavy atom. The molecular weight excluding hydrogens is 232 g/mol. The van der Waals surface area contributed by atoms with E-state index in [1.165, 1.54) is 6.92 Å². The van der Waals surface area contributed by atoms with Crippen LogP contribution in [0, 0.1) is 11.3 Å². The Morgan fingerprint density at radius 3 is 2.56 bits per heavy atom. The number of ketones is 1. The molecule has 0 saturated carbocycles. The van der Waals surface area contributed by atoms with Gasteiger partial charge < -0.3 is 10.1 Å². The van der Waals surface area contributed by atoms with E-state index in [9.17, 15) is 9.59 Å². The highest BCUT2D eigenvalue weighted by molar-refractivity contribution is 5.94. The van der Waals surface area contributed by atoms with Crippen LogP contribution in [0.25, 0.3) is 0 Å². The van der Waals surface area contributed by atoms with Crippen LogP contribution in [-0.2, 0) is 4.79 Å². The van der Waals surface area contributed by atoms with Crippen molar-refractivity contribution in [3.8, 4) is 11.8 Å². The van der Waals surface area contributed by atoms with E-state index in [-0.39, 0.29) is 24.7 Å². The molecule has 0 bridgehead atoms. The normalized spacial score (nSPS) is 9.33. The molecule has 5 heteroatoms. The molecule has 1 rings (SSSR count). The summed E-state index contributed by atoms with van der Waals surface area (Å²) in [6.07, 6.45) is 0.277. The zero-order valence-electron chi connectivity index (χ0n) is 10.1. The topological polar surface area (TPSA) is 79.2 Å². The van der Waals surface area contributed by atoms with Crippen molar-refractivity contribution in [2.75, 3.05) is 13.2 Å². The largest absolute Gasteiger partial charge is 0.484 e. The van der Waals surface area contributed by atoms with E-state index in [2.05, 4.69) is 5.32 Å². The fraction of sp³-hybridized carbons (Fsp3) is 0.308. The van der Waals surface area contributed by atoms with Gasteiger partial charge in [-0.25, -0.2) is 0 Å². The molecule has 1 amide bonds. The Hall–Kier alpha value is -2.35. The van der Waals surface area contributed by atoms with Crippen molar-refractivity contribution in [2.45, 2.75) is 13.3 Å².